The molecule has 3 aromatic rings. The minimum absolute atomic E-state index is 0.00307. The number of hydrogen-bond acceptors (Lipinski definition) is 6. The van der Waals surface area contributed by atoms with Crippen LogP contribution in [-0.2, 0) is 4.79 Å². The lowest BCUT2D eigenvalue weighted by Crippen LogP contribution is -2.42. The molecule has 2 aromatic carbocycles. The van der Waals surface area contributed by atoms with Crippen molar-refractivity contribution in [2.24, 2.45) is 0 Å². The number of hydrazine groups is 1. The Bertz CT molecular complexity index is 901. The molecule has 0 fully saturated rings. The number of halogens is 1. The summed E-state index contributed by atoms with van der Waals surface area (Å²) in [5.74, 6) is -1.43. The zero-order valence-corrected chi connectivity index (χ0v) is 14.1. The van der Waals surface area contributed by atoms with Crippen LogP contribution in [0.2, 0.25) is 0 Å². The van der Waals surface area contributed by atoms with E-state index >= 15 is 0 Å². The van der Waals surface area contributed by atoms with Gasteiger partial charge in [-0.25, -0.2) is 4.39 Å². The van der Waals surface area contributed by atoms with E-state index in [4.69, 9.17) is 0 Å². The van der Waals surface area contributed by atoms with Crippen molar-refractivity contribution >= 4 is 23.6 Å². The molecule has 10 heteroatoms. The second-order valence-corrected chi connectivity index (χ2v) is 5.95. The number of carbonyl (C=O) groups excluding carboxylic acids is 2. The monoisotopic (exact) mass is 372 g/mol. The Balaban J connectivity index is 1.51. The lowest BCUT2D eigenvalue weighted by molar-refractivity contribution is -0.119. The van der Waals surface area contributed by atoms with E-state index in [0.29, 0.717) is 5.16 Å². The number of nitrogens with one attached hydrogen (secondary N) is 2. The summed E-state index contributed by atoms with van der Waals surface area (Å²) in [5, 5.41) is 11.8. The number of aromatic nitrogens is 4. The van der Waals surface area contributed by atoms with Crippen molar-refractivity contribution in [3.05, 3.63) is 66.0 Å². The molecule has 132 valence electrons. The van der Waals surface area contributed by atoms with Crippen LogP contribution in [0, 0.1) is 5.82 Å². The summed E-state index contributed by atoms with van der Waals surface area (Å²) in [5.41, 5.74) is 5.55. The summed E-state index contributed by atoms with van der Waals surface area (Å²) >= 11 is 1.12. The quantitative estimate of drug-likeness (QED) is 0.518. The van der Waals surface area contributed by atoms with Crippen LogP contribution in [-0.4, -0.2) is 37.8 Å². The van der Waals surface area contributed by atoms with E-state index in [1.807, 2.05) is 30.3 Å². The maximum Gasteiger partial charge on any atom is 0.269 e. The molecule has 26 heavy (non-hydrogen) atoms. The zero-order chi connectivity index (χ0) is 18.4. The van der Waals surface area contributed by atoms with Gasteiger partial charge in [0.05, 0.1) is 11.4 Å². The zero-order valence-electron chi connectivity index (χ0n) is 13.3. The van der Waals surface area contributed by atoms with Gasteiger partial charge in [0.2, 0.25) is 11.1 Å². The van der Waals surface area contributed by atoms with E-state index < -0.39 is 17.6 Å². The second-order valence-electron chi connectivity index (χ2n) is 5.01. The maximum absolute atomic E-state index is 12.8. The molecule has 0 aliphatic heterocycles. The Morgan fingerprint density at radius 3 is 2.50 bits per heavy atom. The normalized spacial score (nSPS) is 10.3. The predicted molar refractivity (Wildman–Crippen MR) is 91.9 cm³/mol. The van der Waals surface area contributed by atoms with Gasteiger partial charge >= 0.3 is 0 Å². The fourth-order valence-corrected chi connectivity index (χ4v) is 2.66. The molecule has 0 atom stereocenters. The molecule has 0 saturated carbocycles. The number of nitrogens with zero attached hydrogens (tertiary/aromatic N) is 4. The first-order valence-corrected chi connectivity index (χ1v) is 8.43. The smallest absolute Gasteiger partial charge is 0.269 e. The minimum atomic E-state index is -0.544. The molecule has 1 heterocycles. The highest BCUT2D eigenvalue weighted by molar-refractivity contribution is 7.99. The first kappa shape index (κ1) is 17.5. The standard InChI is InChI=1S/C16H13FN6O2S/c17-12-8-6-11(7-9-12)15(25)19-18-14(24)10-26-16-20-21-22-23(16)13-4-2-1-3-5-13/h1-9H,10H2,(H,18,24)(H,19,25). The van der Waals surface area contributed by atoms with Gasteiger partial charge in [-0.15, -0.1) is 5.10 Å². The number of rotatable bonds is 5. The van der Waals surface area contributed by atoms with Crippen LogP contribution in [0.4, 0.5) is 4.39 Å². The molecular formula is C16H13FN6O2S. The Morgan fingerprint density at radius 2 is 1.77 bits per heavy atom. The Labute approximate surface area is 151 Å². The molecule has 0 radical (unpaired) electrons. The number of para-hydroxylation sites is 1. The number of tetrazole rings is 1. The number of amides is 2. The van der Waals surface area contributed by atoms with E-state index in [2.05, 4.69) is 26.4 Å². The summed E-state index contributed by atoms with van der Waals surface area (Å²) in [4.78, 5) is 23.7. The highest BCUT2D eigenvalue weighted by Gasteiger charge is 2.12. The lowest BCUT2D eigenvalue weighted by Gasteiger charge is -2.07. The summed E-state index contributed by atoms with van der Waals surface area (Å²) < 4.78 is 14.3. The molecular weight excluding hydrogens is 359 g/mol. The molecule has 1 aromatic heterocycles. The molecule has 3 rings (SSSR count). The predicted octanol–water partition coefficient (Wildman–Crippen LogP) is 1.35. The van der Waals surface area contributed by atoms with Crippen molar-refractivity contribution in [1.29, 1.82) is 0 Å². The van der Waals surface area contributed by atoms with Crippen molar-refractivity contribution in [3.8, 4) is 5.69 Å². The molecule has 0 spiro atoms. The fourth-order valence-electron chi connectivity index (χ4n) is 1.97. The first-order chi connectivity index (χ1) is 12.6. The SMILES string of the molecule is O=C(CSc1nnnn1-c1ccccc1)NNC(=O)c1ccc(F)cc1. The maximum atomic E-state index is 12.8. The van der Waals surface area contributed by atoms with Crippen molar-refractivity contribution in [2.75, 3.05) is 5.75 Å². The van der Waals surface area contributed by atoms with E-state index in [-0.39, 0.29) is 11.3 Å². The molecule has 0 saturated heterocycles. The molecule has 0 unspecified atom stereocenters. The minimum Gasteiger partial charge on any atom is -0.272 e. The summed E-state index contributed by atoms with van der Waals surface area (Å²) in [7, 11) is 0. The molecule has 2 amide bonds. The van der Waals surface area contributed by atoms with Crippen molar-refractivity contribution < 1.29 is 14.0 Å². The topological polar surface area (TPSA) is 102 Å². The van der Waals surface area contributed by atoms with Gasteiger partial charge in [-0.05, 0) is 46.8 Å². The van der Waals surface area contributed by atoms with Crippen molar-refractivity contribution in [2.45, 2.75) is 5.16 Å². The molecule has 0 aliphatic rings. The lowest BCUT2D eigenvalue weighted by atomic mass is 10.2. The van der Waals surface area contributed by atoms with E-state index in [9.17, 15) is 14.0 Å². The fraction of sp³-hybridized carbons (Fsp3) is 0.0625. The third-order valence-electron chi connectivity index (χ3n) is 3.20. The first-order valence-electron chi connectivity index (χ1n) is 7.45. The van der Waals surface area contributed by atoms with Gasteiger partial charge in [0, 0.05) is 5.56 Å². The Kier molecular flexibility index (Phi) is 5.54. The van der Waals surface area contributed by atoms with E-state index in [1.54, 1.807) is 0 Å². The third-order valence-corrected chi connectivity index (χ3v) is 4.12. The van der Waals surface area contributed by atoms with Crippen LogP contribution in [0.1, 0.15) is 10.4 Å². The number of thioether (sulfide) groups is 1. The average molecular weight is 372 g/mol. The van der Waals surface area contributed by atoms with E-state index in [1.165, 1.54) is 16.8 Å². The highest BCUT2D eigenvalue weighted by atomic mass is 32.2. The molecule has 0 aliphatic carbocycles. The van der Waals surface area contributed by atoms with Crippen molar-refractivity contribution in [1.82, 2.24) is 31.1 Å². The molecule has 0 bridgehead atoms. The average Bonchev–Trinajstić information content (AvgIpc) is 3.14. The van der Waals surface area contributed by atoms with Gasteiger partial charge in [0.1, 0.15) is 5.82 Å². The van der Waals surface area contributed by atoms with Crippen LogP contribution in [0.25, 0.3) is 5.69 Å². The number of benzene rings is 2. The van der Waals surface area contributed by atoms with Crippen LogP contribution in [0.15, 0.2) is 59.8 Å². The summed E-state index contributed by atoms with van der Waals surface area (Å²) in [6, 6.07) is 14.2. The molecule has 8 nitrogen and oxygen atoms in total. The van der Waals surface area contributed by atoms with Crippen LogP contribution in [0.5, 0.6) is 0 Å². The summed E-state index contributed by atoms with van der Waals surface area (Å²) in [6.07, 6.45) is 0. The van der Waals surface area contributed by atoms with Gasteiger partial charge in [-0.3, -0.25) is 20.4 Å². The highest BCUT2D eigenvalue weighted by Crippen LogP contribution is 2.17. The largest absolute Gasteiger partial charge is 0.272 e. The van der Waals surface area contributed by atoms with Gasteiger partial charge < -0.3 is 0 Å². The van der Waals surface area contributed by atoms with Gasteiger partial charge in [0.15, 0.2) is 0 Å². The number of carbonyl (C=O) groups is 2. The van der Waals surface area contributed by atoms with Gasteiger partial charge in [-0.1, -0.05) is 30.0 Å². The van der Waals surface area contributed by atoms with Crippen LogP contribution >= 0.6 is 11.8 Å². The van der Waals surface area contributed by atoms with Gasteiger partial charge in [-0.2, -0.15) is 4.68 Å². The second kappa shape index (κ2) is 8.21. The van der Waals surface area contributed by atoms with Crippen molar-refractivity contribution in [3.63, 3.8) is 0 Å². The number of hydrogen-bond donors (Lipinski definition) is 2. The van der Waals surface area contributed by atoms with E-state index in [0.717, 1.165) is 29.6 Å². The Morgan fingerprint density at radius 1 is 1.04 bits per heavy atom. The molecule has 2 N–H and O–H groups in total. The summed E-state index contributed by atoms with van der Waals surface area (Å²) in [6.45, 7) is 0. The Hall–Kier alpha value is -3.27. The van der Waals surface area contributed by atoms with Crippen LogP contribution < -0.4 is 10.9 Å². The van der Waals surface area contributed by atoms with Crippen LogP contribution in [0.3, 0.4) is 0 Å². The third kappa shape index (κ3) is 4.42. The van der Waals surface area contributed by atoms with Gasteiger partial charge in [0.25, 0.3) is 5.91 Å².